The highest BCUT2D eigenvalue weighted by Gasteiger charge is 2.15. The van der Waals surface area contributed by atoms with Gasteiger partial charge in [0.05, 0.1) is 14.0 Å². The molecule has 0 aromatic carbocycles. The number of nitrogens with one attached hydrogen (secondary N) is 1. The van der Waals surface area contributed by atoms with Crippen molar-refractivity contribution in [3.63, 3.8) is 0 Å². The van der Waals surface area contributed by atoms with Crippen LogP contribution in [0.15, 0.2) is 11.4 Å². The Hall–Kier alpha value is -0.140. The van der Waals surface area contributed by atoms with Gasteiger partial charge in [-0.2, -0.15) is 0 Å². The molecule has 3 nitrogen and oxygen atoms in total. The Kier molecular flexibility index (Phi) is 3.91. The molecule has 1 amide bonds. The molecule has 0 saturated heterocycles. The predicted octanol–water partition coefficient (Wildman–Crippen LogP) is 2.81. The summed E-state index contributed by atoms with van der Waals surface area (Å²) in [7, 11) is 0. The fourth-order valence-electron chi connectivity index (χ4n) is 0.710. The van der Waals surface area contributed by atoms with E-state index >= 15 is 0 Å². The maximum Gasteiger partial charge on any atom is 0.276 e. The number of hydroxylamine groups is 1. The zero-order valence-corrected chi connectivity index (χ0v) is 11.2. The lowest BCUT2D eigenvalue weighted by Gasteiger charge is -2.18. The number of carbonyl (C=O) groups excluding carboxylic acids is 1. The molecule has 0 fully saturated rings. The van der Waals surface area contributed by atoms with Crippen molar-refractivity contribution in [3.8, 4) is 0 Å². The first-order valence-corrected chi connectivity index (χ1v) is 6.07. The topological polar surface area (TPSA) is 38.3 Å². The largest absolute Gasteiger partial charge is 0.276 e. The zero-order valence-electron chi connectivity index (χ0n) is 8.26. The van der Waals surface area contributed by atoms with Crippen LogP contribution < -0.4 is 5.48 Å². The normalized spacial score (nSPS) is 11.4. The van der Waals surface area contributed by atoms with Crippen LogP contribution in [0.3, 0.4) is 0 Å². The lowest BCUT2D eigenvalue weighted by molar-refractivity contribution is -0.0589. The lowest BCUT2D eigenvalue weighted by atomic mass is 10.2. The molecule has 1 rings (SSSR count). The third kappa shape index (κ3) is 3.55. The zero-order chi connectivity index (χ0) is 10.8. The van der Waals surface area contributed by atoms with Crippen LogP contribution in [0.1, 0.15) is 31.1 Å². The molecule has 0 bridgehead atoms. The van der Waals surface area contributed by atoms with E-state index in [1.807, 2.05) is 26.2 Å². The first-order chi connectivity index (χ1) is 6.40. The van der Waals surface area contributed by atoms with Gasteiger partial charge in [-0.05, 0) is 54.8 Å². The second kappa shape index (κ2) is 4.59. The summed E-state index contributed by atoms with van der Waals surface area (Å²) < 4.78 is 0.970. The fourth-order valence-corrected chi connectivity index (χ4v) is 2.19. The molecule has 0 aliphatic heterocycles. The quantitative estimate of drug-likeness (QED) is 0.671. The van der Waals surface area contributed by atoms with Gasteiger partial charge in [0.1, 0.15) is 0 Å². The van der Waals surface area contributed by atoms with Crippen LogP contribution in [0.5, 0.6) is 0 Å². The third-order valence-electron chi connectivity index (χ3n) is 1.31. The summed E-state index contributed by atoms with van der Waals surface area (Å²) in [6.07, 6.45) is 0. The van der Waals surface area contributed by atoms with E-state index in [1.165, 1.54) is 11.3 Å². The molecule has 0 atom stereocenters. The fraction of sp³-hybridized carbons (Fsp3) is 0.444. The first kappa shape index (κ1) is 11.9. The molecule has 1 heterocycles. The summed E-state index contributed by atoms with van der Waals surface area (Å²) >= 11 is 3.67. The number of hydrogen-bond donors (Lipinski definition) is 1. The predicted molar refractivity (Wildman–Crippen MR) is 65.3 cm³/mol. The minimum atomic E-state index is -0.364. The van der Waals surface area contributed by atoms with Gasteiger partial charge in [-0.15, -0.1) is 11.3 Å². The van der Waals surface area contributed by atoms with Crippen LogP contribution in [-0.2, 0) is 4.84 Å². The second-order valence-electron chi connectivity index (χ2n) is 3.75. The van der Waals surface area contributed by atoms with Crippen LogP contribution in [-0.4, -0.2) is 11.5 Å². The first-order valence-electron chi connectivity index (χ1n) is 4.11. The maximum absolute atomic E-state index is 11.5. The summed E-state index contributed by atoms with van der Waals surface area (Å²) in [5.41, 5.74) is 2.73. The number of amides is 1. The minimum Gasteiger partial charge on any atom is -0.268 e. The molecule has 78 valence electrons. The van der Waals surface area contributed by atoms with Gasteiger partial charge in [0.25, 0.3) is 5.91 Å². The number of hydrogen-bond acceptors (Lipinski definition) is 3. The Balaban J connectivity index is 2.56. The minimum absolute atomic E-state index is 0.189. The van der Waals surface area contributed by atoms with Crippen molar-refractivity contribution in [2.45, 2.75) is 26.4 Å². The van der Waals surface area contributed by atoms with Gasteiger partial charge in [-0.25, -0.2) is 5.48 Å². The van der Waals surface area contributed by atoms with Crippen molar-refractivity contribution < 1.29 is 9.63 Å². The van der Waals surface area contributed by atoms with Crippen molar-refractivity contribution in [1.82, 2.24) is 5.48 Å². The number of carbonyl (C=O) groups is 1. The molecular weight excluding hydrogens is 313 g/mol. The van der Waals surface area contributed by atoms with E-state index in [0.29, 0.717) is 5.56 Å². The van der Waals surface area contributed by atoms with Gasteiger partial charge in [-0.1, -0.05) is 0 Å². The van der Waals surface area contributed by atoms with Gasteiger partial charge in [0.15, 0.2) is 0 Å². The van der Waals surface area contributed by atoms with Crippen molar-refractivity contribution >= 4 is 39.8 Å². The summed E-state index contributed by atoms with van der Waals surface area (Å²) in [6, 6.07) is 1.79. The number of rotatable bonds is 2. The van der Waals surface area contributed by atoms with Crippen molar-refractivity contribution in [2.24, 2.45) is 0 Å². The molecule has 0 unspecified atom stereocenters. The van der Waals surface area contributed by atoms with E-state index < -0.39 is 0 Å². The lowest BCUT2D eigenvalue weighted by Crippen LogP contribution is -2.33. The van der Waals surface area contributed by atoms with Gasteiger partial charge in [0.2, 0.25) is 0 Å². The summed E-state index contributed by atoms with van der Waals surface area (Å²) in [5.74, 6) is -0.189. The van der Waals surface area contributed by atoms with Gasteiger partial charge < -0.3 is 0 Å². The van der Waals surface area contributed by atoms with E-state index in [9.17, 15) is 4.79 Å². The van der Waals surface area contributed by atoms with E-state index in [-0.39, 0.29) is 11.5 Å². The Morgan fingerprint density at radius 1 is 1.57 bits per heavy atom. The van der Waals surface area contributed by atoms with E-state index in [1.54, 1.807) is 6.07 Å². The molecule has 0 aliphatic carbocycles. The molecule has 0 radical (unpaired) electrons. The standard InChI is InChI=1S/C9H12INO2S/c1-9(2,3)13-11-8(12)6-4-5-14-7(6)10/h4-5H,1-3H3,(H,11,12). The molecule has 5 heteroatoms. The van der Waals surface area contributed by atoms with Gasteiger partial charge in [0, 0.05) is 0 Å². The summed E-state index contributed by atoms with van der Waals surface area (Å²) in [5, 5.41) is 1.88. The monoisotopic (exact) mass is 325 g/mol. The Morgan fingerprint density at radius 3 is 2.64 bits per heavy atom. The van der Waals surface area contributed by atoms with Crippen LogP contribution in [0.4, 0.5) is 0 Å². The van der Waals surface area contributed by atoms with Crippen molar-refractivity contribution in [2.75, 3.05) is 0 Å². The highest BCUT2D eigenvalue weighted by molar-refractivity contribution is 14.1. The molecule has 0 saturated carbocycles. The highest BCUT2D eigenvalue weighted by Crippen LogP contribution is 2.18. The Morgan fingerprint density at radius 2 is 2.21 bits per heavy atom. The molecule has 1 N–H and O–H groups in total. The van der Waals surface area contributed by atoms with Crippen molar-refractivity contribution in [1.29, 1.82) is 0 Å². The van der Waals surface area contributed by atoms with E-state index in [4.69, 9.17) is 4.84 Å². The van der Waals surface area contributed by atoms with Gasteiger partial charge in [-0.3, -0.25) is 9.63 Å². The third-order valence-corrected chi connectivity index (χ3v) is 3.36. The smallest absolute Gasteiger partial charge is 0.268 e. The van der Waals surface area contributed by atoms with Gasteiger partial charge >= 0.3 is 0 Å². The average molecular weight is 325 g/mol. The van der Waals surface area contributed by atoms with Crippen LogP contribution in [0.2, 0.25) is 0 Å². The molecule has 0 spiro atoms. The Bertz CT molecular complexity index is 330. The van der Waals surface area contributed by atoms with Crippen LogP contribution in [0, 0.1) is 2.88 Å². The summed E-state index contributed by atoms with van der Waals surface area (Å²) in [6.45, 7) is 5.64. The van der Waals surface area contributed by atoms with E-state index in [2.05, 4.69) is 28.1 Å². The second-order valence-corrected chi connectivity index (χ2v) is 6.48. The average Bonchev–Trinajstić information content (AvgIpc) is 2.46. The number of halogens is 1. The van der Waals surface area contributed by atoms with Crippen LogP contribution in [0.25, 0.3) is 0 Å². The molecule has 14 heavy (non-hydrogen) atoms. The molecular formula is C9H12INO2S. The molecule has 0 aliphatic rings. The highest BCUT2D eigenvalue weighted by atomic mass is 127. The summed E-state index contributed by atoms with van der Waals surface area (Å²) in [4.78, 5) is 16.7. The molecule has 1 aromatic rings. The molecule has 1 aromatic heterocycles. The SMILES string of the molecule is CC(C)(C)ONC(=O)c1ccsc1I. The van der Waals surface area contributed by atoms with E-state index in [0.717, 1.165) is 2.88 Å². The van der Waals surface area contributed by atoms with Crippen molar-refractivity contribution in [3.05, 3.63) is 19.9 Å². The van der Waals surface area contributed by atoms with Crippen LogP contribution >= 0.6 is 33.9 Å². The maximum atomic E-state index is 11.5. The Labute approximate surface area is 101 Å². The number of thiophene rings is 1.